The van der Waals surface area contributed by atoms with Gasteiger partial charge in [-0.25, -0.2) is 0 Å². The summed E-state index contributed by atoms with van der Waals surface area (Å²) in [7, 11) is 1.58. The lowest BCUT2D eigenvalue weighted by Gasteiger charge is -2.33. The number of halogens is 1. The summed E-state index contributed by atoms with van der Waals surface area (Å²) >= 11 is 6.13. The lowest BCUT2D eigenvalue weighted by atomic mass is 9.89. The minimum atomic E-state index is 0.0213. The molecule has 18 heavy (non-hydrogen) atoms. The van der Waals surface area contributed by atoms with E-state index < -0.39 is 0 Å². The van der Waals surface area contributed by atoms with Crippen LogP contribution in [0, 0.1) is 0 Å². The number of anilines is 1. The van der Waals surface area contributed by atoms with Gasteiger partial charge in [-0.05, 0) is 30.7 Å². The fourth-order valence-electron chi connectivity index (χ4n) is 2.41. The van der Waals surface area contributed by atoms with E-state index in [2.05, 4.69) is 0 Å². The average molecular weight is 269 g/mol. The van der Waals surface area contributed by atoms with E-state index in [-0.39, 0.29) is 11.8 Å². The van der Waals surface area contributed by atoms with Gasteiger partial charge in [0.15, 0.2) is 0 Å². The average Bonchev–Trinajstić information content (AvgIpc) is 2.36. The van der Waals surface area contributed by atoms with Crippen molar-refractivity contribution in [2.75, 3.05) is 25.1 Å². The second kappa shape index (κ2) is 5.16. The van der Waals surface area contributed by atoms with E-state index >= 15 is 0 Å². The Balaban J connectivity index is 2.55. The molecule has 1 aromatic rings. The molecular weight excluding hydrogens is 252 g/mol. The standard InChI is InChI=1S/C13H17ClN2O2/c1-8(17)16-4-3-9(7-15)10-5-13(18-2)11(14)6-12(10)16/h5-6,9H,3-4,7,15H2,1-2H3. The van der Waals surface area contributed by atoms with Crippen LogP contribution in [0.1, 0.15) is 24.8 Å². The van der Waals surface area contributed by atoms with Crippen molar-refractivity contribution in [1.82, 2.24) is 0 Å². The van der Waals surface area contributed by atoms with Crippen LogP contribution in [0.25, 0.3) is 0 Å². The van der Waals surface area contributed by atoms with E-state index in [1.165, 1.54) is 0 Å². The van der Waals surface area contributed by atoms with Crippen molar-refractivity contribution in [3.8, 4) is 5.75 Å². The highest BCUT2D eigenvalue weighted by Crippen LogP contribution is 2.40. The summed E-state index contributed by atoms with van der Waals surface area (Å²) in [4.78, 5) is 13.4. The van der Waals surface area contributed by atoms with Crippen molar-refractivity contribution in [3.63, 3.8) is 0 Å². The quantitative estimate of drug-likeness (QED) is 0.894. The molecule has 1 aliphatic rings. The van der Waals surface area contributed by atoms with Crippen LogP contribution in [0.5, 0.6) is 5.75 Å². The van der Waals surface area contributed by atoms with E-state index in [1.54, 1.807) is 25.0 Å². The molecule has 0 saturated carbocycles. The summed E-state index contributed by atoms with van der Waals surface area (Å²) < 4.78 is 5.22. The number of methoxy groups -OCH3 is 1. The molecule has 1 heterocycles. The largest absolute Gasteiger partial charge is 0.495 e. The van der Waals surface area contributed by atoms with Gasteiger partial charge in [-0.2, -0.15) is 0 Å². The molecule has 0 saturated heterocycles. The maximum Gasteiger partial charge on any atom is 0.223 e. The second-order valence-electron chi connectivity index (χ2n) is 4.44. The van der Waals surface area contributed by atoms with E-state index in [9.17, 15) is 4.79 Å². The first kappa shape index (κ1) is 13.2. The Morgan fingerprint density at radius 3 is 2.89 bits per heavy atom. The molecular formula is C13H17ClN2O2. The maximum absolute atomic E-state index is 11.6. The number of ether oxygens (including phenoxy) is 1. The zero-order valence-corrected chi connectivity index (χ0v) is 11.3. The number of carbonyl (C=O) groups is 1. The number of carbonyl (C=O) groups excluding carboxylic acids is 1. The van der Waals surface area contributed by atoms with Gasteiger partial charge in [0.1, 0.15) is 5.75 Å². The van der Waals surface area contributed by atoms with Gasteiger partial charge in [0, 0.05) is 25.1 Å². The first-order valence-electron chi connectivity index (χ1n) is 5.94. The van der Waals surface area contributed by atoms with Crippen LogP contribution < -0.4 is 15.4 Å². The maximum atomic E-state index is 11.6. The van der Waals surface area contributed by atoms with Gasteiger partial charge in [0.05, 0.1) is 12.1 Å². The Labute approximate surface area is 112 Å². The number of amides is 1. The molecule has 0 spiro atoms. The Bertz CT molecular complexity index is 476. The highest BCUT2D eigenvalue weighted by atomic mass is 35.5. The van der Waals surface area contributed by atoms with Gasteiger partial charge in [-0.3, -0.25) is 4.79 Å². The molecule has 2 rings (SSSR count). The Morgan fingerprint density at radius 1 is 1.61 bits per heavy atom. The monoisotopic (exact) mass is 268 g/mol. The molecule has 2 N–H and O–H groups in total. The SMILES string of the molecule is COc1cc2c(cc1Cl)N(C(C)=O)CCC2CN. The predicted octanol–water partition coefficient (Wildman–Crippen LogP) is 2.15. The van der Waals surface area contributed by atoms with Crippen molar-refractivity contribution >= 4 is 23.2 Å². The topological polar surface area (TPSA) is 55.6 Å². The van der Waals surface area contributed by atoms with Crippen molar-refractivity contribution in [1.29, 1.82) is 0 Å². The molecule has 5 heteroatoms. The van der Waals surface area contributed by atoms with Gasteiger partial charge in [-0.15, -0.1) is 0 Å². The molecule has 1 amide bonds. The lowest BCUT2D eigenvalue weighted by Crippen LogP contribution is -2.36. The number of benzene rings is 1. The molecule has 0 fully saturated rings. The summed E-state index contributed by atoms with van der Waals surface area (Å²) in [6, 6.07) is 3.68. The third kappa shape index (κ3) is 2.18. The predicted molar refractivity (Wildman–Crippen MR) is 72.4 cm³/mol. The fourth-order valence-corrected chi connectivity index (χ4v) is 2.64. The minimum Gasteiger partial charge on any atom is -0.495 e. The first-order valence-corrected chi connectivity index (χ1v) is 6.32. The van der Waals surface area contributed by atoms with Gasteiger partial charge < -0.3 is 15.4 Å². The molecule has 1 unspecified atom stereocenters. The van der Waals surface area contributed by atoms with Crippen LogP contribution in [-0.4, -0.2) is 26.1 Å². The molecule has 98 valence electrons. The fraction of sp³-hybridized carbons (Fsp3) is 0.462. The van der Waals surface area contributed by atoms with Crippen molar-refractivity contribution < 1.29 is 9.53 Å². The summed E-state index contributed by atoms with van der Waals surface area (Å²) in [5.74, 6) is 0.897. The highest BCUT2D eigenvalue weighted by Gasteiger charge is 2.27. The highest BCUT2D eigenvalue weighted by molar-refractivity contribution is 6.32. The van der Waals surface area contributed by atoms with E-state index in [4.69, 9.17) is 22.1 Å². The van der Waals surface area contributed by atoms with E-state index in [0.717, 1.165) is 17.7 Å². The molecule has 0 radical (unpaired) electrons. The molecule has 0 bridgehead atoms. The van der Waals surface area contributed by atoms with Crippen LogP contribution in [-0.2, 0) is 4.79 Å². The third-order valence-corrected chi connectivity index (χ3v) is 3.69. The van der Waals surface area contributed by atoms with Crippen LogP contribution in [0.4, 0.5) is 5.69 Å². The van der Waals surface area contributed by atoms with Crippen molar-refractivity contribution in [2.45, 2.75) is 19.3 Å². The zero-order chi connectivity index (χ0) is 13.3. The summed E-state index contributed by atoms with van der Waals surface area (Å²) in [6.45, 7) is 2.81. The van der Waals surface area contributed by atoms with Gasteiger partial charge >= 0.3 is 0 Å². The normalized spacial score (nSPS) is 18.4. The minimum absolute atomic E-state index is 0.0213. The Morgan fingerprint density at radius 2 is 2.33 bits per heavy atom. The second-order valence-corrected chi connectivity index (χ2v) is 4.84. The number of hydrogen-bond acceptors (Lipinski definition) is 3. The van der Waals surface area contributed by atoms with Crippen molar-refractivity contribution in [2.24, 2.45) is 5.73 Å². The van der Waals surface area contributed by atoms with Crippen LogP contribution in [0.3, 0.4) is 0 Å². The smallest absolute Gasteiger partial charge is 0.223 e. The molecule has 0 aromatic heterocycles. The van der Waals surface area contributed by atoms with E-state index in [1.807, 2.05) is 6.07 Å². The van der Waals surface area contributed by atoms with Crippen LogP contribution in [0.2, 0.25) is 5.02 Å². The Hall–Kier alpha value is -1.26. The molecule has 1 aromatic carbocycles. The number of rotatable bonds is 2. The molecule has 0 aliphatic carbocycles. The van der Waals surface area contributed by atoms with Crippen LogP contribution >= 0.6 is 11.6 Å². The summed E-state index contributed by atoms with van der Waals surface area (Å²) in [6.07, 6.45) is 0.869. The number of hydrogen-bond donors (Lipinski definition) is 1. The van der Waals surface area contributed by atoms with Crippen molar-refractivity contribution in [3.05, 3.63) is 22.7 Å². The third-order valence-electron chi connectivity index (χ3n) is 3.40. The number of nitrogens with zero attached hydrogens (tertiary/aromatic N) is 1. The molecule has 1 atom stereocenters. The summed E-state index contributed by atoms with van der Waals surface area (Å²) in [5.41, 5.74) is 7.69. The molecule has 4 nitrogen and oxygen atoms in total. The Kier molecular flexibility index (Phi) is 3.78. The van der Waals surface area contributed by atoms with Gasteiger partial charge in [0.2, 0.25) is 5.91 Å². The van der Waals surface area contributed by atoms with E-state index in [0.29, 0.717) is 23.9 Å². The number of nitrogens with two attached hydrogens (primary N) is 1. The molecule has 1 aliphatic heterocycles. The summed E-state index contributed by atoms with van der Waals surface area (Å²) in [5, 5.41) is 0.514. The van der Waals surface area contributed by atoms with Gasteiger partial charge in [-0.1, -0.05) is 11.6 Å². The van der Waals surface area contributed by atoms with Gasteiger partial charge in [0.25, 0.3) is 0 Å². The lowest BCUT2D eigenvalue weighted by molar-refractivity contribution is -0.116. The zero-order valence-electron chi connectivity index (χ0n) is 10.6. The number of fused-ring (bicyclic) bond motifs is 1. The van der Waals surface area contributed by atoms with Crippen LogP contribution in [0.15, 0.2) is 12.1 Å². The first-order chi connectivity index (χ1) is 8.58.